The van der Waals surface area contributed by atoms with E-state index in [1.807, 2.05) is 0 Å². The predicted octanol–water partition coefficient (Wildman–Crippen LogP) is -1.34. The van der Waals surface area contributed by atoms with Crippen LogP contribution in [0, 0.1) is 0 Å². The summed E-state index contributed by atoms with van der Waals surface area (Å²) in [6.45, 7) is -0.238. The Labute approximate surface area is 142 Å². The standard InChI is InChI=1S/C12H12N6O5S2/c1-24(20,21)12-14-6-9-2-3-10(19)17(11(9)16-12)4-5-25(22,23)18-8-13-7-15-18/h2-3,6-8H,4-5H2,1H3. The summed E-state index contributed by atoms with van der Waals surface area (Å²) >= 11 is 0. The summed E-state index contributed by atoms with van der Waals surface area (Å²) < 4.78 is 49.3. The quantitative estimate of drug-likeness (QED) is 0.488. The summed E-state index contributed by atoms with van der Waals surface area (Å²) in [5.41, 5.74) is -0.476. The van der Waals surface area contributed by atoms with E-state index in [9.17, 15) is 21.6 Å². The second-order valence-corrected chi connectivity index (χ2v) is 8.97. The van der Waals surface area contributed by atoms with E-state index in [1.54, 1.807) is 0 Å². The zero-order chi connectivity index (χ0) is 18.2. The molecule has 0 aliphatic rings. The maximum atomic E-state index is 12.2. The molecule has 0 aromatic carbocycles. The van der Waals surface area contributed by atoms with Crippen LogP contribution in [0.15, 0.2) is 40.9 Å². The van der Waals surface area contributed by atoms with Gasteiger partial charge in [0, 0.05) is 30.4 Å². The number of nitrogens with zero attached hydrogens (tertiary/aromatic N) is 6. The first-order valence-electron chi connectivity index (χ1n) is 6.83. The largest absolute Gasteiger partial charge is 0.291 e. The van der Waals surface area contributed by atoms with Crippen molar-refractivity contribution < 1.29 is 16.8 Å². The maximum Gasteiger partial charge on any atom is 0.256 e. The molecule has 3 rings (SSSR count). The average molecular weight is 384 g/mol. The summed E-state index contributed by atoms with van der Waals surface area (Å²) in [7, 11) is -7.50. The molecule has 0 unspecified atom stereocenters. The minimum absolute atomic E-state index is 0.0386. The number of pyridine rings is 1. The third-order valence-corrected chi connectivity index (χ3v) is 5.61. The molecule has 13 heteroatoms. The Morgan fingerprint density at radius 2 is 1.92 bits per heavy atom. The first kappa shape index (κ1) is 17.2. The van der Waals surface area contributed by atoms with Gasteiger partial charge in [0.25, 0.3) is 15.6 Å². The van der Waals surface area contributed by atoms with Crippen LogP contribution in [-0.2, 0) is 26.4 Å². The van der Waals surface area contributed by atoms with Crippen molar-refractivity contribution >= 4 is 30.9 Å². The number of rotatable bonds is 5. The van der Waals surface area contributed by atoms with E-state index in [4.69, 9.17) is 0 Å². The first-order chi connectivity index (χ1) is 11.7. The lowest BCUT2D eigenvalue weighted by molar-refractivity contribution is 0.571. The zero-order valence-corrected chi connectivity index (χ0v) is 14.5. The van der Waals surface area contributed by atoms with E-state index >= 15 is 0 Å². The van der Waals surface area contributed by atoms with E-state index < -0.39 is 36.3 Å². The second-order valence-electron chi connectivity index (χ2n) is 5.11. The summed E-state index contributed by atoms with van der Waals surface area (Å²) in [6.07, 6.45) is 4.31. The van der Waals surface area contributed by atoms with E-state index in [0.29, 0.717) is 9.47 Å². The number of hydrogen-bond donors (Lipinski definition) is 0. The van der Waals surface area contributed by atoms with Gasteiger partial charge in [-0.2, -0.15) is 4.98 Å². The molecule has 0 aliphatic carbocycles. The minimum atomic E-state index is -3.82. The highest BCUT2D eigenvalue weighted by atomic mass is 32.2. The van der Waals surface area contributed by atoms with Gasteiger partial charge in [0.2, 0.25) is 15.0 Å². The van der Waals surface area contributed by atoms with Crippen molar-refractivity contribution in [3.05, 3.63) is 41.3 Å². The highest BCUT2D eigenvalue weighted by molar-refractivity contribution is 7.90. The van der Waals surface area contributed by atoms with Crippen LogP contribution in [0.3, 0.4) is 0 Å². The van der Waals surface area contributed by atoms with Gasteiger partial charge in [0.1, 0.15) is 18.3 Å². The Morgan fingerprint density at radius 3 is 2.56 bits per heavy atom. The fourth-order valence-corrected chi connectivity index (χ4v) is 3.57. The van der Waals surface area contributed by atoms with Gasteiger partial charge >= 0.3 is 0 Å². The van der Waals surface area contributed by atoms with Crippen molar-refractivity contribution in [1.82, 2.24) is 28.7 Å². The smallest absolute Gasteiger partial charge is 0.256 e. The second kappa shape index (κ2) is 6.00. The fourth-order valence-electron chi connectivity index (χ4n) is 2.09. The van der Waals surface area contributed by atoms with Crippen LogP contribution in [-0.4, -0.2) is 57.5 Å². The van der Waals surface area contributed by atoms with Crippen LogP contribution in [0.5, 0.6) is 0 Å². The molecule has 0 N–H and O–H groups in total. The van der Waals surface area contributed by atoms with Crippen molar-refractivity contribution in [3.8, 4) is 0 Å². The number of sulfone groups is 1. The van der Waals surface area contributed by atoms with Gasteiger partial charge in [-0.1, -0.05) is 0 Å². The Kier molecular flexibility index (Phi) is 4.12. The van der Waals surface area contributed by atoms with Crippen molar-refractivity contribution in [2.75, 3.05) is 12.0 Å². The highest BCUT2D eigenvalue weighted by Crippen LogP contribution is 2.11. The molecule has 132 valence electrons. The van der Waals surface area contributed by atoms with Crippen LogP contribution in [0.1, 0.15) is 0 Å². The zero-order valence-electron chi connectivity index (χ0n) is 12.8. The van der Waals surface area contributed by atoms with Crippen molar-refractivity contribution in [1.29, 1.82) is 0 Å². The lowest BCUT2D eigenvalue weighted by Gasteiger charge is -2.10. The molecule has 0 amide bonds. The van der Waals surface area contributed by atoms with Crippen LogP contribution in [0.4, 0.5) is 0 Å². The van der Waals surface area contributed by atoms with Crippen LogP contribution in [0.25, 0.3) is 11.0 Å². The highest BCUT2D eigenvalue weighted by Gasteiger charge is 2.17. The maximum absolute atomic E-state index is 12.2. The lowest BCUT2D eigenvalue weighted by Crippen LogP contribution is -2.27. The van der Waals surface area contributed by atoms with Crippen LogP contribution >= 0.6 is 0 Å². The normalized spacial score (nSPS) is 12.5. The molecule has 0 spiro atoms. The van der Waals surface area contributed by atoms with E-state index in [0.717, 1.165) is 23.5 Å². The molecule has 0 atom stereocenters. The Hall–Kier alpha value is -2.67. The van der Waals surface area contributed by atoms with Gasteiger partial charge in [0.05, 0.1) is 5.75 Å². The molecule has 3 aromatic heterocycles. The van der Waals surface area contributed by atoms with Gasteiger partial charge < -0.3 is 0 Å². The molecule has 25 heavy (non-hydrogen) atoms. The van der Waals surface area contributed by atoms with E-state index in [2.05, 4.69) is 20.1 Å². The minimum Gasteiger partial charge on any atom is -0.291 e. The molecular weight excluding hydrogens is 372 g/mol. The molecule has 3 heterocycles. The molecule has 0 saturated carbocycles. The third kappa shape index (κ3) is 3.41. The summed E-state index contributed by atoms with van der Waals surface area (Å²) in [4.78, 5) is 23.3. The molecule has 0 aliphatic heterocycles. The topological polar surface area (TPSA) is 147 Å². The molecular formula is C12H12N6O5S2. The predicted molar refractivity (Wildman–Crippen MR) is 86.1 cm³/mol. The Balaban J connectivity index is 2.06. The average Bonchev–Trinajstić information content (AvgIpc) is 3.08. The van der Waals surface area contributed by atoms with Crippen LogP contribution < -0.4 is 5.56 Å². The number of fused-ring (bicyclic) bond motifs is 1. The summed E-state index contributed by atoms with van der Waals surface area (Å²) in [5, 5.41) is 3.52. The number of aryl methyl sites for hydroxylation is 1. The van der Waals surface area contributed by atoms with Gasteiger partial charge in [-0.15, -0.1) is 9.19 Å². The van der Waals surface area contributed by atoms with Crippen LogP contribution in [0.2, 0.25) is 0 Å². The van der Waals surface area contributed by atoms with Crippen molar-refractivity contribution in [2.24, 2.45) is 0 Å². The van der Waals surface area contributed by atoms with Gasteiger partial charge in [-0.05, 0) is 6.07 Å². The molecule has 11 nitrogen and oxygen atoms in total. The van der Waals surface area contributed by atoms with Gasteiger partial charge in [-0.25, -0.2) is 26.8 Å². The van der Waals surface area contributed by atoms with E-state index in [-0.39, 0.29) is 12.2 Å². The number of hydrogen-bond acceptors (Lipinski definition) is 9. The SMILES string of the molecule is CS(=O)(=O)c1ncc2ccc(=O)n(CCS(=O)(=O)n3cncn3)c2n1. The molecule has 3 aromatic rings. The Morgan fingerprint density at radius 1 is 1.16 bits per heavy atom. The van der Waals surface area contributed by atoms with Gasteiger partial charge in [0.15, 0.2) is 0 Å². The van der Waals surface area contributed by atoms with Gasteiger partial charge in [-0.3, -0.25) is 9.36 Å². The third-order valence-electron chi connectivity index (χ3n) is 3.29. The monoisotopic (exact) mass is 384 g/mol. The van der Waals surface area contributed by atoms with Crippen molar-refractivity contribution in [3.63, 3.8) is 0 Å². The Bertz CT molecular complexity index is 1200. The molecule has 0 fully saturated rings. The lowest BCUT2D eigenvalue weighted by atomic mass is 10.3. The molecule has 0 radical (unpaired) electrons. The fraction of sp³-hybridized carbons (Fsp3) is 0.250. The first-order valence-corrected chi connectivity index (χ1v) is 10.3. The summed E-state index contributed by atoms with van der Waals surface area (Å²) in [5.74, 6) is -0.451. The number of aromatic nitrogens is 6. The van der Waals surface area contributed by atoms with Crippen molar-refractivity contribution in [2.45, 2.75) is 11.7 Å². The van der Waals surface area contributed by atoms with E-state index in [1.165, 1.54) is 18.3 Å². The summed E-state index contributed by atoms with van der Waals surface area (Å²) in [6, 6.07) is 2.67. The molecule has 0 bridgehead atoms. The molecule has 0 saturated heterocycles.